The molecule has 2 N–H and O–H groups in total. The van der Waals surface area contributed by atoms with Crippen LogP contribution in [0.5, 0.6) is 0 Å². The Hall–Kier alpha value is -1.46. The van der Waals surface area contributed by atoms with Crippen LogP contribution in [0.4, 0.5) is 4.39 Å². The number of likely N-dealkylation sites (tertiary alicyclic amines) is 1. The van der Waals surface area contributed by atoms with Gasteiger partial charge in [0.15, 0.2) is 0 Å². The summed E-state index contributed by atoms with van der Waals surface area (Å²) < 4.78 is 18.2. The van der Waals surface area contributed by atoms with Crippen LogP contribution >= 0.6 is 0 Å². The van der Waals surface area contributed by atoms with Gasteiger partial charge in [-0.05, 0) is 43.4 Å². The van der Waals surface area contributed by atoms with Crippen molar-refractivity contribution < 1.29 is 13.9 Å². The summed E-state index contributed by atoms with van der Waals surface area (Å²) in [6.07, 6.45) is 3.55. The zero-order valence-corrected chi connectivity index (χ0v) is 13.6. The first-order valence-electron chi connectivity index (χ1n) is 8.35. The predicted octanol–water partition coefficient (Wildman–Crippen LogP) is 2.29. The van der Waals surface area contributed by atoms with E-state index in [1.807, 2.05) is 4.90 Å². The number of rotatable bonds is 5. The summed E-state index contributed by atoms with van der Waals surface area (Å²) in [6.45, 7) is 1.93. The van der Waals surface area contributed by atoms with Gasteiger partial charge >= 0.3 is 0 Å². The maximum atomic E-state index is 13.1. The molecule has 1 aliphatic heterocycles. The highest BCUT2D eigenvalue weighted by atomic mass is 19.1. The van der Waals surface area contributed by atoms with Gasteiger partial charge in [-0.25, -0.2) is 4.39 Å². The normalized spacial score (nSPS) is 26.1. The van der Waals surface area contributed by atoms with E-state index in [1.54, 1.807) is 19.2 Å². The minimum Gasteiger partial charge on any atom is -0.385 e. The number of benzene rings is 1. The SMILES string of the molecule is COCCC1(C(=O)N2CC[C@H](c3ccc(F)cc3)[C@H](N)C2)CC1. The van der Waals surface area contributed by atoms with Gasteiger partial charge < -0.3 is 15.4 Å². The molecule has 0 aromatic heterocycles. The average molecular weight is 320 g/mol. The fraction of sp³-hybridized carbons (Fsp3) is 0.611. The molecular formula is C18H25FN2O2. The molecule has 3 rings (SSSR count). The Bertz CT molecular complexity index is 557. The number of hydrogen-bond donors (Lipinski definition) is 1. The fourth-order valence-electron chi connectivity index (χ4n) is 3.64. The molecule has 0 spiro atoms. The second-order valence-electron chi connectivity index (χ2n) is 6.88. The van der Waals surface area contributed by atoms with Gasteiger partial charge in [-0.1, -0.05) is 12.1 Å². The quantitative estimate of drug-likeness (QED) is 0.905. The highest BCUT2D eigenvalue weighted by molar-refractivity contribution is 5.85. The molecule has 5 heteroatoms. The van der Waals surface area contributed by atoms with Gasteiger partial charge in [0.05, 0.1) is 5.41 Å². The Morgan fingerprint density at radius 1 is 1.39 bits per heavy atom. The summed E-state index contributed by atoms with van der Waals surface area (Å²) in [7, 11) is 1.67. The van der Waals surface area contributed by atoms with Crippen molar-refractivity contribution in [1.29, 1.82) is 0 Å². The van der Waals surface area contributed by atoms with Crippen LogP contribution in [0.2, 0.25) is 0 Å². The summed E-state index contributed by atoms with van der Waals surface area (Å²) in [4.78, 5) is 14.7. The molecule has 23 heavy (non-hydrogen) atoms. The number of piperidine rings is 1. The van der Waals surface area contributed by atoms with E-state index in [9.17, 15) is 9.18 Å². The minimum absolute atomic E-state index is 0.101. The van der Waals surface area contributed by atoms with Crippen molar-refractivity contribution in [3.05, 3.63) is 35.6 Å². The molecule has 1 heterocycles. The third kappa shape index (κ3) is 3.40. The topological polar surface area (TPSA) is 55.6 Å². The van der Waals surface area contributed by atoms with Gasteiger partial charge in [0.25, 0.3) is 0 Å². The summed E-state index contributed by atoms with van der Waals surface area (Å²) in [5, 5.41) is 0. The third-order valence-corrected chi connectivity index (χ3v) is 5.34. The lowest BCUT2D eigenvalue weighted by Crippen LogP contribution is -2.51. The molecule has 2 aliphatic rings. The molecular weight excluding hydrogens is 295 g/mol. The number of methoxy groups -OCH3 is 1. The molecule has 0 bridgehead atoms. The van der Waals surface area contributed by atoms with Gasteiger partial charge in [0.2, 0.25) is 5.91 Å². The summed E-state index contributed by atoms with van der Waals surface area (Å²) >= 11 is 0. The van der Waals surface area contributed by atoms with Crippen LogP contribution in [0.3, 0.4) is 0 Å². The minimum atomic E-state index is -0.233. The Balaban J connectivity index is 1.62. The predicted molar refractivity (Wildman–Crippen MR) is 86.5 cm³/mol. The Labute approximate surface area is 136 Å². The molecule has 1 saturated heterocycles. The molecule has 0 unspecified atom stereocenters. The van der Waals surface area contributed by atoms with Gasteiger partial charge in [-0.3, -0.25) is 4.79 Å². The molecule has 1 amide bonds. The van der Waals surface area contributed by atoms with Gasteiger partial charge in [-0.2, -0.15) is 0 Å². The van der Waals surface area contributed by atoms with Crippen molar-refractivity contribution in [2.24, 2.45) is 11.1 Å². The second kappa shape index (κ2) is 6.57. The molecule has 0 radical (unpaired) electrons. The summed E-state index contributed by atoms with van der Waals surface area (Å²) in [6, 6.07) is 6.46. The lowest BCUT2D eigenvalue weighted by Gasteiger charge is -2.38. The number of nitrogens with two attached hydrogens (primary N) is 1. The van der Waals surface area contributed by atoms with Crippen molar-refractivity contribution in [1.82, 2.24) is 4.90 Å². The number of halogens is 1. The van der Waals surface area contributed by atoms with Crippen molar-refractivity contribution in [3.63, 3.8) is 0 Å². The molecule has 4 nitrogen and oxygen atoms in total. The van der Waals surface area contributed by atoms with Gasteiger partial charge in [0, 0.05) is 38.8 Å². The van der Waals surface area contributed by atoms with Gasteiger partial charge in [0.1, 0.15) is 5.82 Å². The van der Waals surface area contributed by atoms with Crippen LogP contribution in [0.25, 0.3) is 0 Å². The van der Waals surface area contributed by atoms with E-state index < -0.39 is 0 Å². The molecule has 1 aromatic carbocycles. The van der Waals surface area contributed by atoms with E-state index in [4.69, 9.17) is 10.5 Å². The second-order valence-corrected chi connectivity index (χ2v) is 6.88. The standard InChI is InChI=1S/C18H25FN2O2/c1-23-11-9-18(7-8-18)17(22)21-10-6-15(16(20)12-21)13-2-4-14(19)5-3-13/h2-5,15-16H,6-12,20H2,1H3/t15-,16-/m1/s1. The van der Waals surface area contributed by atoms with Crippen LogP contribution in [-0.4, -0.2) is 43.7 Å². The lowest BCUT2D eigenvalue weighted by atomic mass is 9.85. The average Bonchev–Trinajstić information content (AvgIpc) is 3.34. The highest BCUT2D eigenvalue weighted by Crippen LogP contribution is 2.50. The molecule has 126 valence electrons. The van der Waals surface area contributed by atoms with Crippen molar-refractivity contribution >= 4 is 5.91 Å². The summed E-state index contributed by atoms with van der Waals surface area (Å²) in [5.41, 5.74) is 7.19. The monoisotopic (exact) mass is 320 g/mol. The van der Waals surface area contributed by atoms with Crippen LogP contribution in [-0.2, 0) is 9.53 Å². The zero-order chi connectivity index (χ0) is 16.4. The maximum absolute atomic E-state index is 13.1. The van der Waals surface area contributed by atoms with Crippen molar-refractivity contribution in [3.8, 4) is 0 Å². The third-order valence-electron chi connectivity index (χ3n) is 5.34. The van der Waals surface area contributed by atoms with Gasteiger partial charge in [-0.15, -0.1) is 0 Å². The van der Waals surface area contributed by atoms with Crippen LogP contribution in [0.1, 0.15) is 37.2 Å². The molecule has 2 atom stereocenters. The molecule has 1 saturated carbocycles. The number of nitrogens with zero attached hydrogens (tertiary/aromatic N) is 1. The van der Waals surface area contributed by atoms with E-state index in [2.05, 4.69) is 0 Å². The molecule has 1 aliphatic carbocycles. The first-order valence-corrected chi connectivity index (χ1v) is 8.35. The van der Waals surface area contributed by atoms with E-state index >= 15 is 0 Å². The molecule has 1 aromatic rings. The number of hydrogen-bond acceptors (Lipinski definition) is 3. The Morgan fingerprint density at radius 2 is 2.09 bits per heavy atom. The Kier molecular flexibility index (Phi) is 4.69. The van der Waals surface area contributed by atoms with Crippen LogP contribution in [0, 0.1) is 11.2 Å². The highest BCUT2D eigenvalue weighted by Gasteiger charge is 2.51. The smallest absolute Gasteiger partial charge is 0.228 e. The first kappa shape index (κ1) is 16.4. The van der Waals surface area contributed by atoms with Crippen LogP contribution in [0.15, 0.2) is 24.3 Å². The fourth-order valence-corrected chi connectivity index (χ4v) is 3.64. The number of carbonyl (C=O) groups is 1. The van der Waals surface area contributed by atoms with E-state index in [-0.39, 0.29) is 29.1 Å². The molecule has 2 fully saturated rings. The lowest BCUT2D eigenvalue weighted by molar-refractivity contribution is -0.139. The number of amides is 1. The van der Waals surface area contributed by atoms with E-state index in [0.29, 0.717) is 13.2 Å². The van der Waals surface area contributed by atoms with Crippen LogP contribution < -0.4 is 5.73 Å². The van der Waals surface area contributed by atoms with E-state index in [0.717, 1.165) is 37.8 Å². The first-order chi connectivity index (χ1) is 11.1. The van der Waals surface area contributed by atoms with E-state index in [1.165, 1.54) is 12.1 Å². The Morgan fingerprint density at radius 3 is 2.65 bits per heavy atom. The largest absolute Gasteiger partial charge is 0.385 e. The number of ether oxygens (including phenoxy) is 1. The van der Waals surface area contributed by atoms with Crippen molar-refractivity contribution in [2.45, 2.75) is 37.6 Å². The zero-order valence-electron chi connectivity index (χ0n) is 13.6. The maximum Gasteiger partial charge on any atom is 0.228 e. The van der Waals surface area contributed by atoms with Crippen molar-refractivity contribution in [2.75, 3.05) is 26.8 Å². The number of carbonyl (C=O) groups excluding carboxylic acids is 1. The summed E-state index contributed by atoms with van der Waals surface area (Å²) in [5.74, 6) is 0.195.